The highest BCUT2D eigenvalue weighted by atomic mass is 32.2. The van der Waals surface area contributed by atoms with E-state index in [0.717, 1.165) is 11.1 Å². The monoisotopic (exact) mass is 442 g/mol. The standard InChI is InChI=1S/C22H26N4O4S/c27-21(24-22(28)23-17-20-9-5-2-6-10-20)18-25-12-14-26(15-13-25)31(29,30)16-11-19-7-3-1-4-8-19/h1-11,16H,12-15,17-18H2,(H2,23,24,27,28)/b16-11+. The van der Waals surface area contributed by atoms with Crippen molar-refractivity contribution in [2.45, 2.75) is 6.54 Å². The number of hydrogen-bond donors (Lipinski definition) is 2. The molecule has 0 bridgehead atoms. The first-order chi connectivity index (χ1) is 14.9. The molecule has 3 amide bonds. The van der Waals surface area contributed by atoms with Gasteiger partial charge >= 0.3 is 6.03 Å². The van der Waals surface area contributed by atoms with Gasteiger partial charge in [-0.15, -0.1) is 0 Å². The fraction of sp³-hybridized carbons (Fsp3) is 0.273. The van der Waals surface area contributed by atoms with Gasteiger partial charge in [-0.3, -0.25) is 15.0 Å². The molecule has 9 heteroatoms. The topological polar surface area (TPSA) is 98.8 Å². The van der Waals surface area contributed by atoms with E-state index in [-0.39, 0.29) is 19.6 Å². The van der Waals surface area contributed by atoms with Crippen molar-refractivity contribution >= 4 is 28.0 Å². The smallest absolute Gasteiger partial charge is 0.321 e. The van der Waals surface area contributed by atoms with E-state index in [9.17, 15) is 18.0 Å². The van der Waals surface area contributed by atoms with Crippen LogP contribution in [0.25, 0.3) is 6.08 Å². The molecule has 0 aliphatic carbocycles. The molecule has 3 rings (SSSR count). The lowest BCUT2D eigenvalue weighted by molar-refractivity contribution is -0.121. The van der Waals surface area contributed by atoms with Gasteiger partial charge in [-0.05, 0) is 17.2 Å². The van der Waals surface area contributed by atoms with Crippen molar-refractivity contribution in [1.29, 1.82) is 0 Å². The van der Waals surface area contributed by atoms with Crippen LogP contribution < -0.4 is 10.6 Å². The van der Waals surface area contributed by atoms with Gasteiger partial charge in [-0.25, -0.2) is 13.2 Å². The number of rotatable bonds is 7. The highest BCUT2D eigenvalue weighted by Gasteiger charge is 2.26. The molecule has 0 unspecified atom stereocenters. The normalized spacial score (nSPS) is 15.6. The molecule has 1 fully saturated rings. The zero-order valence-corrected chi connectivity index (χ0v) is 17.9. The van der Waals surface area contributed by atoms with Crippen molar-refractivity contribution in [3.05, 3.63) is 77.2 Å². The first kappa shape index (κ1) is 22.7. The number of carbonyl (C=O) groups is 2. The summed E-state index contributed by atoms with van der Waals surface area (Å²) in [5.74, 6) is -0.425. The van der Waals surface area contributed by atoms with Gasteiger partial charge in [0.05, 0.1) is 6.54 Å². The molecule has 8 nitrogen and oxygen atoms in total. The van der Waals surface area contributed by atoms with Crippen molar-refractivity contribution in [2.75, 3.05) is 32.7 Å². The van der Waals surface area contributed by atoms with Crippen molar-refractivity contribution < 1.29 is 18.0 Å². The molecule has 2 aromatic rings. The number of carbonyl (C=O) groups excluding carboxylic acids is 2. The molecule has 164 valence electrons. The van der Waals surface area contributed by atoms with Gasteiger partial charge in [-0.2, -0.15) is 4.31 Å². The lowest BCUT2D eigenvalue weighted by Gasteiger charge is -2.32. The molecule has 1 aliphatic rings. The number of benzene rings is 2. The van der Waals surface area contributed by atoms with Gasteiger partial charge < -0.3 is 5.32 Å². The predicted octanol–water partition coefficient (Wildman–Crippen LogP) is 1.63. The van der Waals surface area contributed by atoms with Crippen molar-refractivity contribution in [2.24, 2.45) is 0 Å². The molecule has 0 spiro atoms. The Morgan fingerprint density at radius 1 is 0.903 bits per heavy atom. The third kappa shape index (κ3) is 7.32. The zero-order chi connectivity index (χ0) is 22.1. The van der Waals surface area contributed by atoms with Crippen LogP contribution in [-0.2, 0) is 21.4 Å². The molecule has 31 heavy (non-hydrogen) atoms. The van der Waals surface area contributed by atoms with E-state index in [2.05, 4.69) is 10.6 Å². The van der Waals surface area contributed by atoms with Crippen molar-refractivity contribution in [3.63, 3.8) is 0 Å². The molecule has 0 saturated carbocycles. The fourth-order valence-electron chi connectivity index (χ4n) is 3.15. The molecule has 1 saturated heterocycles. The number of urea groups is 1. The minimum atomic E-state index is -3.52. The van der Waals surface area contributed by atoms with Crippen LogP contribution in [0.2, 0.25) is 0 Å². The van der Waals surface area contributed by atoms with Crippen LogP contribution in [0.5, 0.6) is 0 Å². The summed E-state index contributed by atoms with van der Waals surface area (Å²) in [7, 11) is -3.52. The summed E-state index contributed by atoms with van der Waals surface area (Å²) >= 11 is 0. The molecule has 2 N–H and O–H groups in total. The van der Waals surface area contributed by atoms with Crippen LogP contribution in [0, 0.1) is 0 Å². The van der Waals surface area contributed by atoms with E-state index in [4.69, 9.17) is 0 Å². The van der Waals surface area contributed by atoms with Gasteiger partial charge in [0.15, 0.2) is 0 Å². The van der Waals surface area contributed by atoms with E-state index in [1.54, 1.807) is 6.08 Å². The van der Waals surface area contributed by atoms with Gasteiger partial charge in [0, 0.05) is 38.1 Å². The number of nitrogens with one attached hydrogen (secondary N) is 2. The van der Waals surface area contributed by atoms with Gasteiger partial charge in [0.2, 0.25) is 15.9 Å². The summed E-state index contributed by atoms with van der Waals surface area (Å²) in [6.45, 7) is 1.76. The van der Waals surface area contributed by atoms with Crippen LogP contribution in [0.4, 0.5) is 4.79 Å². The number of sulfonamides is 1. The maximum absolute atomic E-state index is 12.5. The van der Waals surface area contributed by atoms with Gasteiger partial charge in [0.1, 0.15) is 0 Å². The van der Waals surface area contributed by atoms with Crippen molar-refractivity contribution in [1.82, 2.24) is 19.8 Å². The summed E-state index contributed by atoms with van der Waals surface area (Å²) in [6.07, 6.45) is 1.57. The third-order valence-corrected chi connectivity index (χ3v) is 6.40. The first-order valence-corrected chi connectivity index (χ1v) is 11.5. The number of piperazine rings is 1. The highest BCUT2D eigenvalue weighted by molar-refractivity contribution is 7.92. The lowest BCUT2D eigenvalue weighted by Crippen LogP contribution is -2.51. The Kier molecular flexibility index (Phi) is 7.94. The Morgan fingerprint density at radius 3 is 2.16 bits per heavy atom. The van der Waals surface area contributed by atoms with Crippen LogP contribution in [0.15, 0.2) is 66.1 Å². The Labute approximate surface area is 182 Å². The minimum Gasteiger partial charge on any atom is -0.334 e. The van der Waals surface area contributed by atoms with Gasteiger partial charge in [0.25, 0.3) is 0 Å². The Bertz CT molecular complexity index is 1000. The molecule has 0 atom stereocenters. The molecule has 0 radical (unpaired) electrons. The molecule has 1 heterocycles. The first-order valence-electron chi connectivity index (χ1n) is 10.00. The minimum absolute atomic E-state index is 0.0342. The zero-order valence-electron chi connectivity index (χ0n) is 17.1. The second-order valence-corrected chi connectivity index (χ2v) is 8.97. The average molecular weight is 443 g/mol. The lowest BCUT2D eigenvalue weighted by atomic mass is 10.2. The molecular formula is C22H26N4O4S. The van der Waals surface area contributed by atoms with E-state index in [1.165, 1.54) is 9.71 Å². The van der Waals surface area contributed by atoms with Crippen LogP contribution in [0.3, 0.4) is 0 Å². The van der Waals surface area contributed by atoms with Gasteiger partial charge in [-0.1, -0.05) is 60.7 Å². The number of amides is 3. The molecule has 1 aliphatic heterocycles. The summed E-state index contributed by atoms with van der Waals surface area (Å²) < 4.78 is 26.4. The molecular weight excluding hydrogens is 416 g/mol. The Balaban J connectivity index is 1.40. The number of hydrogen-bond acceptors (Lipinski definition) is 5. The van der Waals surface area contributed by atoms with Crippen LogP contribution in [-0.4, -0.2) is 62.3 Å². The fourth-order valence-corrected chi connectivity index (χ4v) is 4.32. The summed E-state index contributed by atoms with van der Waals surface area (Å²) in [5.41, 5.74) is 1.75. The van der Waals surface area contributed by atoms with Crippen LogP contribution >= 0.6 is 0 Å². The summed E-state index contributed by atoms with van der Waals surface area (Å²) in [4.78, 5) is 25.8. The molecule has 0 aromatic heterocycles. The van der Waals surface area contributed by atoms with E-state index in [1.807, 2.05) is 65.6 Å². The number of nitrogens with zero attached hydrogens (tertiary/aromatic N) is 2. The summed E-state index contributed by atoms with van der Waals surface area (Å²) in [6, 6.07) is 18.1. The molecule has 2 aromatic carbocycles. The van der Waals surface area contributed by atoms with E-state index >= 15 is 0 Å². The quantitative estimate of drug-likeness (QED) is 0.679. The maximum atomic E-state index is 12.5. The Morgan fingerprint density at radius 2 is 1.52 bits per heavy atom. The number of imide groups is 1. The van der Waals surface area contributed by atoms with Crippen LogP contribution in [0.1, 0.15) is 11.1 Å². The van der Waals surface area contributed by atoms with Crippen molar-refractivity contribution in [3.8, 4) is 0 Å². The second-order valence-electron chi connectivity index (χ2n) is 7.15. The van der Waals surface area contributed by atoms with E-state index in [0.29, 0.717) is 19.6 Å². The maximum Gasteiger partial charge on any atom is 0.321 e. The average Bonchev–Trinajstić information content (AvgIpc) is 2.78. The highest BCUT2D eigenvalue weighted by Crippen LogP contribution is 2.11. The third-order valence-electron chi connectivity index (χ3n) is 4.84. The predicted molar refractivity (Wildman–Crippen MR) is 119 cm³/mol. The SMILES string of the molecule is O=C(CN1CCN(S(=O)(=O)/C=C/c2ccccc2)CC1)NC(=O)NCc1ccccc1. The Hall–Kier alpha value is -3.01. The van der Waals surface area contributed by atoms with E-state index < -0.39 is 22.0 Å². The largest absolute Gasteiger partial charge is 0.334 e. The second kappa shape index (κ2) is 10.9. The summed E-state index contributed by atoms with van der Waals surface area (Å²) in [5, 5.41) is 6.15.